The Balaban J connectivity index is 1.70. The number of rotatable bonds is 5. The highest BCUT2D eigenvalue weighted by atomic mass is 19.1. The zero-order valence-electron chi connectivity index (χ0n) is 17.9. The van der Waals surface area contributed by atoms with Crippen molar-refractivity contribution in [3.63, 3.8) is 0 Å². The number of imidazole rings is 1. The summed E-state index contributed by atoms with van der Waals surface area (Å²) in [5.41, 5.74) is 9.11. The van der Waals surface area contributed by atoms with E-state index in [2.05, 4.69) is 5.32 Å². The molecule has 0 aliphatic carbocycles. The van der Waals surface area contributed by atoms with Crippen molar-refractivity contribution < 1.29 is 19.4 Å². The number of anilines is 2. The van der Waals surface area contributed by atoms with Crippen molar-refractivity contribution in [1.82, 2.24) is 14.5 Å². The minimum atomic E-state index is -2.32. The number of carbonyl (C=O) groups is 1. The molecule has 3 aromatic rings. The number of amides is 1. The zero-order chi connectivity index (χ0) is 23.0. The highest BCUT2D eigenvalue weighted by molar-refractivity contribution is 5.83. The summed E-state index contributed by atoms with van der Waals surface area (Å²) >= 11 is 0. The van der Waals surface area contributed by atoms with Gasteiger partial charge in [-0.05, 0) is 50.2 Å². The first-order valence-corrected chi connectivity index (χ1v) is 10.3. The molecule has 1 aliphatic rings. The van der Waals surface area contributed by atoms with E-state index in [1.54, 1.807) is 12.1 Å². The van der Waals surface area contributed by atoms with Crippen molar-refractivity contribution in [3.8, 4) is 11.3 Å². The Hall–Kier alpha value is -3.27. The topological polar surface area (TPSA) is 117 Å². The van der Waals surface area contributed by atoms with Crippen LogP contribution in [-0.4, -0.2) is 48.9 Å². The molecule has 0 unspecified atom stereocenters. The van der Waals surface area contributed by atoms with Gasteiger partial charge < -0.3 is 30.7 Å². The van der Waals surface area contributed by atoms with Crippen molar-refractivity contribution in [2.45, 2.75) is 38.8 Å². The second-order valence-corrected chi connectivity index (χ2v) is 8.21. The number of nitrogens with zero attached hydrogens (tertiary/aromatic N) is 3. The summed E-state index contributed by atoms with van der Waals surface area (Å²) in [5, 5.41) is 22.8. The molecule has 0 saturated heterocycles. The lowest BCUT2D eigenvalue weighted by atomic mass is 10.1. The number of fused-ring (bicyclic) bond motifs is 1. The number of hydrogen-bond donors (Lipinski definition) is 4. The minimum absolute atomic E-state index is 0.159. The van der Waals surface area contributed by atoms with Gasteiger partial charge in [-0.1, -0.05) is 17.7 Å². The lowest BCUT2D eigenvalue weighted by Crippen LogP contribution is -2.57. The Morgan fingerprint density at radius 1 is 1.16 bits per heavy atom. The van der Waals surface area contributed by atoms with E-state index in [0.29, 0.717) is 24.6 Å². The third kappa shape index (κ3) is 4.36. The Kier molecular flexibility index (Phi) is 5.72. The Morgan fingerprint density at radius 3 is 2.44 bits per heavy atom. The van der Waals surface area contributed by atoms with Crippen LogP contribution in [0.3, 0.4) is 0 Å². The number of halogens is 1. The first-order valence-electron chi connectivity index (χ1n) is 10.3. The zero-order valence-corrected chi connectivity index (χ0v) is 17.9. The maximum atomic E-state index is 13.5. The van der Waals surface area contributed by atoms with Gasteiger partial charge in [-0.2, -0.15) is 0 Å². The Bertz CT molecular complexity index is 1120. The predicted molar refractivity (Wildman–Crippen MR) is 118 cm³/mol. The summed E-state index contributed by atoms with van der Waals surface area (Å²) in [6.45, 7) is 4.01. The molecule has 0 spiro atoms. The van der Waals surface area contributed by atoms with E-state index in [1.807, 2.05) is 35.8 Å². The van der Waals surface area contributed by atoms with Crippen molar-refractivity contribution >= 4 is 17.4 Å². The van der Waals surface area contributed by atoms with E-state index >= 15 is 0 Å². The number of carbonyl (C=O) groups excluding carboxylic acids is 1. The highest BCUT2D eigenvalue weighted by Crippen LogP contribution is 2.33. The van der Waals surface area contributed by atoms with Gasteiger partial charge in [0.05, 0.1) is 6.54 Å². The largest absolute Gasteiger partial charge is 0.364 e. The highest BCUT2D eigenvalue weighted by Gasteiger charge is 2.37. The smallest absolute Gasteiger partial charge is 0.245 e. The van der Waals surface area contributed by atoms with Gasteiger partial charge in [-0.15, -0.1) is 0 Å². The third-order valence-corrected chi connectivity index (χ3v) is 5.57. The standard InChI is InChI=1S/C23H26FN5O3/c1-14-3-9-17(10-4-14)26-21-19(15-5-7-16(24)8-6-15)27-18-13-28(11-12-29(18)21)22(30)20(25)23(2,31)32/h3-10,20,26,31-32H,11-13,25H2,1-2H3/t20-/m0/s1. The molecule has 8 nitrogen and oxygen atoms in total. The molecule has 5 N–H and O–H groups in total. The summed E-state index contributed by atoms with van der Waals surface area (Å²) in [4.78, 5) is 18.9. The number of hydrogen-bond acceptors (Lipinski definition) is 6. The van der Waals surface area contributed by atoms with Gasteiger partial charge >= 0.3 is 0 Å². The molecule has 0 radical (unpaired) electrons. The molecule has 0 saturated carbocycles. The van der Waals surface area contributed by atoms with Crippen molar-refractivity contribution in [3.05, 3.63) is 65.7 Å². The molecule has 1 atom stereocenters. The summed E-state index contributed by atoms with van der Waals surface area (Å²) in [6.07, 6.45) is 0. The van der Waals surface area contributed by atoms with Crippen LogP contribution in [0.25, 0.3) is 11.3 Å². The monoisotopic (exact) mass is 439 g/mol. The van der Waals surface area contributed by atoms with Gasteiger partial charge in [0, 0.05) is 24.3 Å². The summed E-state index contributed by atoms with van der Waals surface area (Å²) < 4.78 is 15.5. The lowest BCUT2D eigenvalue weighted by Gasteiger charge is -2.33. The fourth-order valence-corrected chi connectivity index (χ4v) is 3.66. The maximum absolute atomic E-state index is 13.5. The van der Waals surface area contributed by atoms with E-state index in [1.165, 1.54) is 17.0 Å². The van der Waals surface area contributed by atoms with Crippen LogP contribution in [0.5, 0.6) is 0 Å². The molecular weight excluding hydrogens is 413 g/mol. The molecular formula is C23H26FN5O3. The van der Waals surface area contributed by atoms with E-state index in [0.717, 1.165) is 29.6 Å². The maximum Gasteiger partial charge on any atom is 0.245 e. The average molecular weight is 439 g/mol. The number of benzene rings is 2. The van der Waals surface area contributed by atoms with Crippen LogP contribution in [0.1, 0.15) is 18.3 Å². The Morgan fingerprint density at radius 2 is 1.81 bits per heavy atom. The number of aryl methyl sites for hydroxylation is 1. The van der Waals surface area contributed by atoms with Crippen LogP contribution < -0.4 is 11.1 Å². The fraction of sp³-hybridized carbons (Fsp3) is 0.304. The summed E-state index contributed by atoms with van der Waals surface area (Å²) in [6, 6.07) is 12.5. The molecule has 1 amide bonds. The number of aromatic nitrogens is 2. The van der Waals surface area contributed by atoms with Gasteiger partial charge in [0.15, 0.2) is 5.79 Å². The normalized spacial score (nSPS) is 14.8. The molecule has 32 heavy (non-hydrogen) atoms. The molecule has 0 bridgehead atoms. The fourth-order valence-electron chi connectivity index (χ4n) is 3.66. The van der Waals surface area contributed by atoms with Crippen LogP contribution in [0, 0.1) is 12.7 Å². The summed E-state index contributed by atoms with van der Waals surface area (Å²) in [5.74, 6) is -1.87. The summed E-state index contributed by atoms with van der Waals surface area (Å²) in [7, 11) is 0. The second-order valence-electron chi connectivity index (χ2n) is 8.21. The first-order chi connectivity index (χ1) is 15.1. The lowest BCUT2D eigenvalue weighted by molar-refractivity contribution is -0.177. The molecule has 1 aliphatic heterocycles. The van der Waals surface area contributed by atoms with Crippen molar-refractivity contribution in [2.75, 3.05) is 11.9 Å². The average Bonchev–Trinajstić information content (AvgIpc) is 3.11. The first kappa shape index (κ1) is 21.9. The van der Waals surface area contributed by atoms with E-state index in [-0.39, 0.29) is 12.4 Å². The Labute approximate surface area is 185 Å². The van der Waals surface area contributed by atoms with E-state index in [4.69, 9.17) is 10.7 Å². The SMILES string of the molecule is Cc1ccc(Nc2c(-c3ccc(F)cc3)nc3n2CCN(C(=O)[C@H](N)C(C)(O)O)C3)cc1. The quantitative estimate of drug-likeness (QED) is 0.453. The van der Waals surface area contributed by atoms with Gasteiger partial charge in [0.1, 0.15) is 29.2 Å². The molecule has 9 heteroatoms. The molecule has 1 aromatic heterocycles. The van der Waals surface area contributed by atoms with Crippen molar-refractivity contribution in [2.24, 2.45) is 5.73 Å². The predicted octanol–water partition coefficient (Wildman–Crippen LogP) is 2.11. The minimum Gasteiger partial charge on any atom is -0.364 e. The van der Waals surface area contributed by atoms with Crippen LogP contribution in [0.2, 0.25) is 0 Å². The van der Waals surface area contributed by atoms with Crippen LogP contribution in [0.15, 0.2) is 48.5 Å². The van der Waals surface area contributed by atoms with Gasteiger partial charge in [-0.25, -0.2) is 9.37 Å². The number of nitrogens with two attached hydrogens (primary N) is 1. The molecule has 2 heterocycles. The number of nitrogens with one attached hydrogen (secondary N) is 1. The molecule has 0 fully saturated rings. The van der Waals surface area contributed by atoms with Crippen LogP contribution >= 0.6 is 0 Å². The number of aliphatic hydroxyl groups is 2. The van der Waals surface area contributed by atoms with E-state index in [9.17, 15) is 19.4 Å². The van der Waals surface area contributed by atoms with E-state index < -0.39 is 17.7 Å². The second kappa shape index (κ2) is 8.34. The van der Waals surface area contributed by atoms with Crippen LogP contribution in [0.4, 0.5) is 15.9 Å². The molecule has 168 valence electrons. The molecule has 2 aromatic carbocycles. The van der Waals surface area contributed by atoms with Gasteiger partial charge in [0.25, 0.3) is 0 Å². The van der Waals surface area contributed by atoms with Gasteiger partial charge in [-0.3, -0.25) is 4.79 Å². The van der Waals surface area contributed by atoms with Crippen LogP contribution in [-0.2, 0) is 17.9 Å². The third-order valence-electron chi connectivity index (χ3n) is 5.57. The van der Waals surface area contributed by atoms with Gasteiger partial charge in [0.2, 0.25) is 5.91 Å². The molecule has 4 rings (SSSR count). The van der Waals surface area contributed by atoms with Crippen molar-refractivity contribution in [1.29, 1.82) is 0 Å².